The van der Waals surface area contributed by atoms with E-state index in [-0.39, 0.29) is 16.6 Å². The molecule has 2 atom stereocenters. The van der Waals surface area contributed by atoms with E-state index in [0.29, 0.717) is 0 Å². The zero-order chi connectivity index (χ0) is 13.9. The highest BCUT2D eigenvalue weighted by Gasteiger charge is 2.31. The number of aliphatic hydroxyl groups excluding tert-OH is 2. The summed E-state index contributed by atoms with van der Waals surface area (Å²) in [6, 6.07) is 3.13. The summed E-state index contributed by atoms with van der Waals surface area (Å²) in [6.45, 7) is 0. The Morgan fingerprint density at radius 3 is 2.39 bits per heavy atom. The van der Waals surface area contributed by atoms with Gasteiger partial charge in [0.2, 0.25) is 0 Å². The fraction of sp³-hybridized carbons (Fsp3) is 0.400. The van der Waals surface area contributed by atoms with Crippen LogP contribution < -0.4 is 10.5 Å². The van der Waals surface area contributed by atoms with Crippen LogP contribution in [0.3, 0.4) is 0 Å². The molecule has 0 amide bonds. The minimum Gasteiger partial charge on any atom is -0.406 e. The molecule has 1 aromatic carbocycles. The molecule has 0 radical (unpaired) electrons. The van der Waals surface area contributed by atoms with Crippen molar-refractivity contribution in [2.24, 2.45) is 0 Å². The Labute approximate surface area is 109 Å². The number of halogens is 4. The lowest BCUT2D eigenvalue weighted by molar-refractivity contribution is -0.274. The summed E-state index contributed by atoms with van der Waals surface area (Å²) in [6.07, 6.45) is -7.20. The first-order valence-corrected chi connectivity index (χ1v) is 5.94. The van der Waals surface area contributed by atoms with E-state index in [1.54, 1.807) is 0 Å². The number of alkyl halides is 4. The minimum absolute atomic E-state index is 0.0933. The lowest BCUT2D eigenvalue weighted by Crippen LogP contribution is -2.21. The van der Waals surface area contributed by atoms with E-state index in [1.807, 2.05) is 0 Å². The number of hydrogen-bond donors (Lipinski definition) is 3. The number of ether oxygens (including phenoxy) is 1. The fourth-order valence-corrected chi connectivity index (χ4v) is 1.67. The molecular formula is C10H11BrF3NO3. The Balaban J connectivity index is 2.92. The smallest absolute Gasteiger partial charge is 0.406 e. The van der Waals surface area contributed by atoms with Crippen LogP contribution in [0.25, 0.3) is 0 Å². The van der Waals surface area contributed by atoms with E-state index in [4.69, 9.17) is 5.73 Å². The maximum atomic E-state index is 12.0. The lowest BCUT2D eigenvalue weighted by atomic mass is 10.0. The summed E-state index contributed by atoms with van der Waals surface area (Å²) in [5.74, 6) is -0.482. The summed E-state index contributed by atoms with van der Waals surface area (Å²) in [4.78, 5) is 0. The van der Waals surface area contributed by atoms with Crippen LogP contribution in [0.4, 0.5) is 18.9 Å². The summed E-state index contributed by atoms with van der Waals surface area (Å²) < 4.78 is 39.5. The van der Waals surface area contributed by atoms with E-state index in [1.165, 1.54) is 6.07 Å². The van der Waals surface area contributed by atoms with Gasteiger partial charge in [0.05, 0.1) is 6.10 Å². The lowest BCUT2D eigenvalue weighted by Gasteiger charge is -2.18. The van der Waals surface area contributed by atoms with Gasteiger partial charge in [0.15, 0.2) is 0 Å². The van der Waals surface area contributed by atoms with Crippen molar-refractivity contribution >= 4 is 21.6 Å². The Morgan fingerprint density at radius 1 is 1.33 bits per heavy atom. The third kappa shape index (κ3) is 4.04. The third-order valence-electron chi connectivity index (χ3n) is 2.13. The van der Waals surface area contributed by atoms with Crippen molar-refractivity contribution in [3.63, 3.8) is 0 Å². The second-order valence-electron chi connectivity index (χ2n) is 3.51. The van der Waals surface area contributed by atoms with Crippen molar-refractivity contribution in [3.05, 3.63) is 23.8 Å². The van der Waals surface area contributed by atoms with E-state index >= 15 is 0 Å². The number of benzene rings is 1. The van der Waals surface area contributed by atoms with Gasteiger partial charge in [-0.05, 0) is 6.07 Å². The number of nitrogen functional groups attached to an aromatic ring is 1. The first kappa shape index (κ1) is 15.1. The van der Waals surface area contributed by atoms with Crippen molar-refractivity contribution in [1.29, 1.82) is 0 Å². The quantitative estimate of drug-likeness (QED) is 0.583. The van der Waals surface area contributed by atoms with Crippen molar-refractivity contribution in [1.82, 2.24) is 0 Å². The summed E-state index contributed by atoms with van der Waals surface area (Å²) in [5, 5.41) is 19.2. The number of aliphatic hydroxyl groups is 2. The van der Waals surface area contributed by atoms with Gasteiger partial charge >= 0.3 is 6.36 Å². The fourth-order valence-electron chi connectivity index (χ4n) is 1.31. The minimum atomic E-state index is -4.80. The Hall–Kier alpha value is -0.990. The van der Waals surface area contributed by atoms with E-state index < -0.39 is 24.3 Å². The molecule has 0 spiro atoms. The SMILES string of the molecule is Nc1cc(OC(F)(F)F)ccc1C(O)C(O)CBr. The molecule has 0 bridgehead atoms. The second kappa shape index (κ2) is 5.77. The van der Waals surface area contributed by atoms with E-state index in [2.05, 4.69) is 20.7 Å². The molecule has 18 heavy (non-hydrogen) atoms. The molecule has 1 rings (SSSR count). The molecular weight excluding hydrogens is 319 g/mol. The van der Waals surface area contributed by atoms with Gasteiger partial charge in [-0.1, -0.05) is 22.0 Å². The predicted molar refractivity (Wildman–Crippen MR) is 62.3 cm³/mol. The first-order valence-electron chi connectivity index (χ1n) is 4.82. The summed E-state index contributed by atoms with van der Waals surface area (Å²) in [7, 11) is 0. The van der Waals surface area contributed by atoms with Gasteiger partial charge in [0.1, 0.15) is 11.9 Å². The standard InChI is InChI=1S/C10H11BrF3NO3/c11-4-8(16)9(17)6-2-1-5(3-7(6)15)18-10(12,13)14/h1-3,8-9,16-17H,4,15H2. The van der Waals surface area contributed by atoms with Crippen LogP contribution in [-0.4, -0.2) is 28.0 Å². The number of rotatable bonds is 4. The highest BCUT2D eigenvalue weighted by Crippen LogP contribution is 2.30. The van der Waals surface area contributed by atoms with Gasteiger partial charge in [-0.2, -0.15) is 0 Å². The molecule has 0 saturated heterocycles. The molecule has 4 nitrogen and oxygen atoms in total. The summed E-state index contributed by atoms with van der Waals surface area (Å²) >= 11 is 2.97. The number of anilines is 1. The first-order chi connectivity index (χ1) is 8.24. The Bertz CT molecular complexity index is 414. The molecule has 4 N–H and O–H groups in total. The Morgan fingerprint density at radius 2 is 1.94 bits per heavy atom. The predicted octanol–water partition coefficient (Wildman–Crippen LogP) is 1.96. The molecule has 8 heteroatoms. The maximum absolute atomic E-state index is 12.0. The normalized spacial score (nSPS) is 15.2. The van der Waals surface area contributed by atoms with Gasteiger partial charge < -0.3 is 20.7 Å². The maximum Gasteiger partial charge on any atom is 0.573 e. The van der Waals surface area contributed by atoms with Crippen LogP contribution in [0.2, 0.25) is 0 Å². The van der Waals surface area contributed by atoms with Gasteiger partial charge in [-0.25, -0.2) is 0 Å². The van der Waals surface area contributed by atoms with Crippen LogP contribution in [0.1, 0.15) is 11.7 Å². The number of hydrogen-bond acceptors (Lipinski definition) is 4. The second-order valence-corrected chi connectivity index (χ2v) is 4.15. The van der Waals surface area contributed by atoms with Gasteiger partial charge in [0.25, 0.3) is 0 Å². The van der Waals surface area contributed by atoms with Crippen molar-refractivity contribution in [2.75, 3.05) is 11.1 Å². The van der Waals surface area contributed by atoms with Crippen LogP contribution in [0, 0.1) is 0 Å². The topological polar surface area (TPSA) is 75.7 Å². The molecule has 2 unspecified atom stereocenters. The largest absolute Gasteiger partial charge is 0.573 e. The van der Waals surface area contributed by atoms with Crippen LogP contribution >= 0.6 is 15.9 Å². The van der Waals surface area contributed by atoms with E-state index in [0.717, 1.165) is 12.1 Å². The van der Waals surface area contributed by atoms with Gasteiger partial charge in [-0.15, -0.1) is 13.2 Å². The van der Waals surface area contributed by atoms with Crippen LogP contribution in [-0.2, 0) is 0 Å². The summed E-state index contributed by atoms with van der Waals surface area (Å²) in [5.41, 5.74) is 5.54. The monoisotopic (exact) mass is 329 g/mol. The average molecular weight is 330 g/mol. The van der Waals surface area contributed by atoms with Gasteiger partial charge in [-0.3, -0.25) is 0 Å². The molecule has 0 saturated carbocycles. The molecule has 102 valence electrons. The van der Waals surface area contributed by atoms with Crippen LogP contribution in [0.15, 0.2) is 18.2 Å². The molecule has 0 aliphatic carbocycles. The zero-order valence-electron chi connectivity index (χ0n) is 8.99. The molecule has 0 aromatic heterocycles. The average Bonchev–Trinajstić information content (AvgIpc) is 2.25. The highest BCUT2D eigenvalue weighted by atomic mass is 79.9. The zero-order valence-corrected chi connectivity index (χ0v) is 10.6. The Kier molecular flexibility index (Phi) is 4.83. The molecule has 0 heterocycles. The third-order valence-corrected chi connectivity index (χ3v) is 2.80. The van der Waals surface area contributed by atoms with Crippen molar-refractivity contribution in [3.8, 4) is 5.75 Å². The molecule has 0 fully saturated rings. The van der Waals surface area contributed by atoms with Crippen molar-refractivity contribution in [2.45, 2.75) is 18.6 Å². The number of nitrogens with two attached hydrogens (primary N) is 1. The molecule has 1 aromatic rings. The van der Waals surface area contributed by atoms with Gasteiger partial charge in [0, 0.05) is 22.6 Å². The van der Waals surface area contributed by atoms with Crippen molar-refractivity contribution < 1.29 is 28.1 Å². The highest BCUT2D eigenvalue weighted by molar-refractivity contribution is 9.09. The van der Waals surface area contributed by atoms with E-state index in [9.17, 15) is 23.4 Å². The molecule has 0 aliphatic heterocycles. The molecule has 0 aliphatic rings. The van der Waals surface area contributed by atoms with Crippen LogP contribution in [0.5, 0.6) is 5.75 Å².